The number of hydrogen-bond donors (Lipinski definition) is 0. The zero-order valence-corrected chi connectivity index (χ0v) is 4.23. The van der Waals surface area contributed by atoms with Crippen molar-refractivity contribution in [2.24, 2.45) is 0 Å². The summed E-state index contributed by atoms with van der Waals surface area (Å²) in [5.74, 6) is 0. The Bertz CT molecular complexity index is 3.25. The normalized spacial score (nSPS) is 0. The van der Waals surface area contributed by atoms with Gasteiger partial charge in [0, 0.05) is 20.4 Å². The van der Waals surface area contributed by atoms with E-state index in [4.69, 9.17) is 0 Å². The molecule has 4 heteroatoms. The third kappa shape index (κ3) is 25.3. The maximum Gasteiger partial charge on any atom is 0 e. The van der Waals surface area contributed by atoms with E-state index in [1.54, 1.807) is 0 Å². The van der Waals surface area contributed by atoms with Crippen LogP contribution in [-0.4, -0.2) is 0 Å². The van der Waals surface area contributed by atoms with Crippen LogP contribution < -0.4 is 14.1 Å². The fourth-order valence-corrected chi connectivity index (χ4v) is 0. The Hall–Kier alpha value is 0.452. The molecule has 0 rings (SSSR count). The van der Waals surface area contributed by atoms with E-state index in [0.717, 1.165) is 0 Å². The number of halogens is 3. The van der Waals surface area contributed by atoms with Gasteiger partial charge >= 0.3 is 0 Å². The van der Waals surface area contributed by atoms with Gasteiger partial charge in [0.05, 0.1) is 0 Å². The van der Waals surface area contributed by atoms with Crippen molar-refractivity contribution in [3.63, 3.8) is 0 Å². The molecule has 0 aliphatic rings. The minimum atomic E-state index is 0. The van der Waals surface area contributed by atoms with Crippen LogP contribution in [0.2, 0.25) is 0 Å². The minimum Gasteiger partial charge on any atom is -1.00 e. The van der Waals surface area contributed by atoms with E-state index in [2.05, 4.69) is 0 Å². The Morgan fingerprint density at radius 2 is 0.500 bits per heavy atom. The molecule has 0 spiro atoms. The summed E-state index contributed by atoms with van der Waals surface area (Å²) in [6.45, 7) is 0. The van der Waals surface area contributed by atoms with Crippen LogP contribution >= 0.6 is 0 Å². The van der Waals surface area contributed by atoms with Gasteiger partial charge < -0.3 is 14.1 Å². The molecule has 0 heterocycles. The first-order valence-electron chi connectivity index (χ1n) is 0. The Morgan fingerprint density at radius 1 is 0.500 bits per heavy atom. The molecule has 0 saturated carbocycles. The molecule has 0 aliphatic heterocycles. The van der Waals surface area contributed by atoms with E-state index in [-0.39, 0.29) is 34.5 Å². The molecule has 0 fully saturated rings. The van der Waals surface area contributed by atoms with Crippen molar-refractivity contribution >= 4 is 0 Å². The first-order chi connectivity index (χ1) is 0. The number of rotatable bonds is 0. The van der Waals surface area contributed by atoms with E-state index in [9.17, 15) is 0 Å². The second-order valence-corrected chi connectivity index (χ2v) is 0. The molecule has 0 aliphatic carbocycles. The second kappa shape index (κ2) is 101. The smallest absolute Gasteiger partial charge is 0 e. The largest absolute Gasteiger partial charge is 1.00 e. The van der Waals surface area contributed by atoms with Gasteiger partial charge in [0.1, 0.15) is 0 Å². The maximum absolute atomic E-state index is 0. The van der Waals surface area contributed by atoms with Crippen molar-refractivity contribution in [1.29, 1.82) is 0 Å². The van der Waals surface area contributed by atoms with Crippen molar-refractivity contribution in [1.82, 2.24) is 0 Å². The molecule has 0 aromatic carbocycles. The molecule has 0 aromatic heterocycles. The van der Waals surface area contributed by atoms with Crippen LogP contribution in [0.1, 0.15) is 0 Å². The molecule has 0 atom stereocenters. The van der Waals surface area contributed by atoms with Gasteiger partial charge in [0.2, 0.25) is 0 Å². The summed E-state index contributed by atoms with van der Waals surface area (Å²) in [5, 5.41) is 0. The standard InChI is InChI=1S/3FH.Re/h3*1H;/p-3. The number of hydrogen-bond acceptors (Lipinski definition) is 0. The summed E-state index contributed by atoms with van der Waals surface area (Å²) in [4.78, 5) is 0. The summed E-state index contributed by atoms with van der Waals surface area (Å²) in [6, 6.07) is 0. The topological polar surface area (TPSA) is 0 Å². The van der Waals surface area contributed by atoms with Crippen molar-refractivity contribution in [2.75, 3.05) is 0 Å². The van der Waals surface area contributed by atoms with Gasteiger partial charge in [0.15, 0.2) is 0 Å². The third-order valence-corrected chi connectivity index (χ3v) is 0. The molecular weight excluding hydrogens is 243 g/mol. The quantitative estimate of drug-likeness (QED) is 0.396. The Labute approximate surface area is 35.3 Å². The van der Waals surface area contributed by atoms with Crippen LogP contribution in [0.4, 0.5) is 0 Å². The predicted octanol–water partition coefficient (Wildman–Crippen LogP) is -8.99. The average molecular weight is 243 g/mol. The van der Waals surface area contributed by atoms with Gasteiger partial charge in [-0.05, 0) is 0 Å². The Morgan fingerprint density at radius 3 is 0.500 bits per heavy atom. The van der Waals surface area contributed by atoms with Crippen LogP contribution in [0.3, 0.4) is 0 Å². The van der Waals surface area contributed by atoms with E-state index in [1.165, 1.54) is 0 Å². The molecule has 0 bridgehead atoms. The van der Waals surface area contributed by atoms with Crippen LogP contribution in [0, 0.1) is 0 Å². The minimum absolute atomic E-state index is 0. The molecule has 31 valence electrons. The summed E-state index contributed by atoms with van der Waals surface area (Å²) < 4.78 is 0. The van der Waals surface area contributed by atoms with Crippen LogP contribution in [0.15, 0.2) is 0 Å². The van der Waals surface area contributed by atoms with Gasteiger partial charge in [-0.3, -0.25) is 0 Å². The molecule has 1 radical (unpaired) electrons. The monoisotopic (exact) mass is 244 g/mol. The van der Waals surface area contributed by atoms with E-state index in [0.29, 0.717) is 0 Å². The van der Waals surface area contributed by atoms with Gasteiger partial charge in [-0.15, -0.1) is 0 Å². The molecule has 0 saturated heterocycles. The SMILES string of the molecule is [F-].[F-].[F-].[Re]. The van der Waals surface area contributed by atoms with Gasteiger partial charge in [-0.1, -0.05) is 0 Å². The van der Waals surface area contributed by atoms with Crippen molar-refractivity contribution in [3.8, 4) is 0 Å². The molecular formula is F3Re-3. The van der Waals surface area contributed by atoms with Crippen molar-refractivity contribution in [3.05, 3.63) is 0 Å². The average Bonchev–Trinajstić information content (AvgIpc) is 0. The van der Waals surface area contributed by atoms with Crippen LogP contribution in [0.25, 0.3) is 0 Å². The summed E-state index contributed by atoms with van der Waals surface area (Å²) in [7, 11) is 0. The summed E-state index contributed by atoms with van der Waals surface area (Å²) >= 11 is 0. The van der Waals surface area contributed by atoms with Crippen LogP contribution in [-0.2, 0) is 20.4 Å². The first kappa shape index (κ1) is 259. The maximum atomic E-state index is 0. The van der Waals surface area contributed by atoms with Crippen molar-refractivity contribution < 1.29 is 34.5 Å². The van der Waals surface area contributed by atoms with Gasteiger partial charge in [-0.2, -0.15) is 0 Å². The van der Waals surface area contributed by atoms with Crippen LogP contribution in [0.5, 0.6) is 0 Å². The first-order valence-corrected chi connectivity index (χ1v) is 0. The van der Waals surface area contributed by atoms with Crippen molar-refractivity contribution in [2.45, 2.75) is 0 Å². The predicted molar refractivity (Wildman–Crippen MR) is 0 cm³/mol. The fraction of sp³-hybridized carbons (Fsp3) is 0. The molecule has 0 unspecified atom stereocenters. The van der Waals surface area contributed by atoms with Gasteiger partial charge in [-0.25, -0.2) is 0 Å². The molecule has 0 nitrogen and oxygen atoms in total. The molecule has 0 N–H and O–H groups in total. The summed E-state index contributed by atoms with van der Waals surface area (Å²) in [6.07, 6.45) is 0. The van der Waals surface area contributed by atoms with E-state index in [1.807, 2.05) is 0 Å². The third-order valence-electron chi connectivity index (χ3n) is 0. The zero-order valence-electron chi connectivity index (χ0n) is 1.51. The van der Waals surface area contributed by atoms with E-state index >= 15 is 0 Å². The molecule has 0 amide bonds. The Balaban J connectivity index is 0. The van der Waals surface area contributed by atoms with Gasteiger partial charge in [0.25, 0.3) is 0 Å². The molecule has 0 aromatic rings. The zero-order chi connectivity index (χ0) is 0. The second-order valence-electron chi connectivity index (χ2n) is 0. The Kier molecular flexibility index (Phi) is 6580. The summed E-state index contributed by atoms with van der Waals surface area (Å²) in [5.41, 5.74) is 0. The van der Waals surface area contributed by atoms with E-state index < -0.39 is 0 Å². The molecule has 4 heavy (non-hydrogen) atoms. The fourth-order valence-electron chi connectivity index (χ4n) is 0.